The highest BCUT2D eigenvalue weighted by Crippen LogP contribution is 2.31. The summed E-state index contributed by atoms with van der Waals surface area (Å²) in [5.74, 6) is 0. The van der Waals surface area contributed by atoms with E-state index in [9.17, 15) is 8.42 Å². The fraction of sp³-hybridized carbons (Fsp3) is 0.346. The molecule has 7 nitrogen and oxygen atoms in total. The number of hydrogen-bond acceptors (Lipinski definition) is 6. The van der Waals surface area contributed by atoms with Crippen LogP contribution in [0.3, 0.4) is 0 Å². The van der Waals surface area contributed by atoms with Gasteiger partial charge in [-0.1, -0.05) is 78.9 Å². The molecule has 8 heteroatoms. The Hall–Kier alpha value is -5.31. The molecule has 0 unspecified atom stereocenters. The van der Waals surface area contributed by atoms with Gasteiger partial charge in [0.25, 0.3) is 0 Å². The SMILES string of the molecule is CCN(CC)c1ccc(C(=CCC=C(c2ccc(N(CC)CC)cc2)c2ccc(N(CC)CC)cc2)c2ccc(N(CC)CC)cc2)cc1.Cc1ccccc1S(N)(=O)=O. The fourth-order valence-corrected chi connectivity index (χ4v) is 8.52. The van der Waals surface area contributed by atoms with Crippen LogP contribution in [0.4, 0.5) is 22.7 Å². The first kappa shape index (κ1) is 47.4. The first-order valence-corrected chi connectivity index (χ1v) is 23.4. The number of rotatable bonds is 19. The minimum atomic E-state index is -3.53. The average molecular weight is 828 g/mol. The summed E-state index contributed by atoms with van der Waals surface area (Å²) in [6.07, 6.45) is 5.64. The lowest BCUT2D eigenvalue weighted by atomic mass is 9.93. The third kappa shape index (κ3) is 12.6. The molecule has 5 aromatic rings. The van der Waals surface area contributed by atoms with Crippen LogP contribution in [0, 0.1) is 6.92 Å². The Morgan fingerprint density at radius 2 is 0.683 bits per heavy atom. The predicted octanol–water partition coefficient (Wildman–Crippen LogP) is 11.7. The molecule has 2 N–H and O–H groups in total. The molecular formula is C52H69N5O2S. The van der Waals surface area contributed by atoms with Gasteiger partial charge in [-0.05, 0) is 162 Å². The second-order valence-electron chi connectivity index (χ2n) is 14.7. The Balaban J connectivity index is 0.000000624. The van der Waals surface area contributed by atoms with E-state index in [1.807, 2.05) is 0 Å². The van der Waals surface area contributed by atoms with Gasteiger partial charge in [-0.3, -0.25) is 0 Å². The van der Waals surface area contributed by atoms with Gasteiger partial charge in [-0.15, -0.1) is 0 Å². The number of hydrogen-bond donors (Lipinski definition) is 1. The second kappa shape index (κ2) is 23.5. The van der Waals surface area contributed by atoms with Crippen LogP contribution in [0.15, 0.2) is 138 Å². The predicted molar refractivity (Wildman–Crippen MR) is 261 cm³/mol. The molecule has 0 aromatic heterocycles. The van der Waals surface area contributed by atoms with Crippen LogP contribution in [-0.2, 0) is 10.0 Å². The summed E-state index contributed by atoms with van der Waals surface area (Å²) < 4.78 is 21.7. The van der Waals surface area contributed by atoms with Crippen molar-refractivity contribution in [3.8, 4) is 0 Å². The quantitative estimate of drug-likeness (QED) is 0.0894. The molecule has 0 radical (unpaired) electrons. The van der Waals surface area contributed by atoms with Crippen molar-refractivity contribution in [1.29, 1.82) is 0 Å². The molecule has 0 aliphatic carbocycles. The normalized spacial score (nSPS) is 10.9. The monoisotopic (exact) mass is 828 g/mol. The molecule has 0 bridgehead atoms. The molecule has 0 atom stereocenters. The lowest BCUT2D eigenvalue weighted by Gasteiger charge is -2.22. The summed E-state index contributed by atoms with van der Waals surface area (Å²) in [5, 5.41) is 4.93. The molecule has 0 fully saturated rings. The molecule has 5 rings (SSSR count). The maximum atomic E-state index is 10.8. The molecule has 0 amide bonds. The van der Waals surface area contributed by atoms with Crippen LogP contribution >= 0.6 is 0 Å². The van der Waals surface area contributed by atoms with Crippen molar-refractivity contribution in [3.63, 3.8) is 0 Å². The first-order chi connectivity index (χ1) is 29.0. The molecule has 0 aliphatic heterocycles. The summed E-state index contributed by atoms with van der Waals surface area (Å²) >= 11 is 0. The van der Waals surface area contributed by atoms with Crippen molar-refractivity contribution >= 4 is 43.9 Å². The van der Waals surface area contributed by atoms with E-state index >= 15 is 0 Å². The summed E-state index contributed by atoms with van der Waals surface area (Å²) in [5.41, 5.74) is 13.3. The summed E-state index contributed by atoms with van der Waals surface area (Å²) in [7, 11) is -3.53. The number of nitrogens with zero attached hydrogens (tertiary/aromatic N) is 4. The van der Waals surface area contributed by atoms with Crippen LogP contribution in [0.1, 0.15) is 89.6 Å². The molecule has 320 valence electrons. The summed E-state index contributed by atoms with van der Waals surface area (Å²) in [6.45, 7) is 27.5. The molecule has 0 spiro atoms. The number of anilines is 4. The van der Waals surface area contributed by atoms with E-state index in [-0.39, 0.29) is 4.90 Å². The number of primary sulfonamides is 1. The lowest BCUT2D eigenvalue weighted by molar-refractivity contribution is 0.597. The third-order valence-electron chi connectivity index (χ3n) is 11.3. The van der Waals surface area contributed by atoms with Gasteiger partial charge in [0, 0.05) is 75.1 Å². The maximum absolute atomic E-state index is 10.8. The van der Waals surface area contributed by atoms with E-state index < -0.39 is 10.0 Å². The van der Waals surface area contributed by atoms with Crippen molar-refractivity contribution in [3.05, 3.63) is 161 Å². The van der Waals surface area contributed by atoms with Gasteiger partial charge < -0.3 is 19.6 Å². The van der Waals surface area contributed by atoms with Crippen molar-refractivity contribution in [2.24, 2.45) is 5.14 Å². The molecule has 0 saturated carbocycles. The Morgan fingerprint density at radius 3 is 0.883 bits per heavy atom. The van der Waals surface area contributed by atoms with Crippen LogP contribution < -0.4 is 24.7 Å². The van der Waals surface area contributed by atoms with E-state index in [2.05, 4.69) is 184 Å². The standard InChI is InChI=1S/C45H60N4.C7H9NO2S/c1-9-46(10-2)40-28-20-36(21-29-40)44(37-22-30-41(31-23-37)47(11-3)12-4)18-17-19-45(38-24-32-42(33-25-38)48(13-5)14-6)39-26-34-43(35-27-39)49(15-7)16-8;1-6-4-2-3-5-7(6)11(8,9)10/h18-35H,9-17H2,1-8H3;2-5H,1H3,(H2,8,9,10). The first-order valence-electron chi connectivity index (χ1n) is 21.9. The Labute approximate surface area is 362 Å². The van der Waals surface area contributed by atoms with Crippen LogP contribution in [0.2, 0.25) is 0 Å². The van der Waals surface area contributed by atoms with Crippen LogP contribution in [0.25, 0.3) is 11.1 Å². The van der Waals surface area contributed by atoms with E-state index in [1.165, 1.54) is 62.2 Å². The molecule has 0 aliphatic rings. The minimum Gasteiger partial charge on any atom is -0.372 e. The van der Waals surface area contributed by atoms with Crippen LogP contribution in [0.5, 0.6) is 0 Å². The zero-order valence-corrected chi connectivity index (χ0v) is 38.5. The highest BCUT2D eigenvalue weighted by molar-refractivity contribution is 7.89. The minimum absolute atomic E-state index is 0.194. The van der Waals surface area contributed by atoms with Gasteiger partial charge in [-0.25, -0.2) is 13.6 Å². The lowest BCUT2D eigenvalue weighted by Crippen LogP contribution is -2.21. The number of nitrogens with two attached hydrogens (primary N) is 1. The van der Waals surface area contributed by atoms with E-state index in [1.54, 1.807) is 25.1 Å². The Bertz CT molecular complexity index is 1960. The molecular weight excluding hydrogens is 759 g/mol. The largest absolute Gasteiger partial charge is 0.372 e. The highest BCUT2D eigenvalue weighted by atomic mass is 32.2. The topological polar surface area (TPSA) is 73.1 Å². The van der Waals surface area contributed by atoms with Crippen molar-refractivity contribution in [2.75, 3.05) is 72.0 Å². The number of allylic oxidation sites excluding steroid dienone is 2. The molecule has 0 saturated heterocycles. The fourth-order valence-electron chi connectivity index (χ4n) is 7.74. The van der Waals surface area contributed by atoms with Gasteiger partial charge in [-0.2, -0.15) is 0 Å². The maximum Gasteiger partial charge on any atom is 0.238 e. The summed E-state index contributed by atoms with van der Waals surface area (Å²) in [4.78, 5) is 9.80. The van der Waals surface area contributed by atoms with Crippen molar-refractivity contribution < 1.29 is 8.42 Å². The highest BCUT2D eigenvalue weighted by Gasteiger charge is 2.12. The zero-order chi connectivity index (χ0) is 43.7. The number of aryl methyl sites for hydroxylation is 1. The van der Waals surface area contributed by atoms with Crippen molar-refractivity contribution in [1.82, 2.24) is 0 Å². The number of sulfonamides is 1. The third-order valence-corrected chi connectivity index (χ3v) is 12.3. The second-order valence-corrected chi connectivity index (χ2v) is 16.2. The van der Waals surface area contributed by atoms with E-state index in [4.69, 9.17) is 5.14 Å². The smallest absolute Gasteiger partial charge is 0.238 e. The molecule has 5 aromatic carbocycles. The Kier molecular flexibility index (Phi) is 18.5. The van der Waals surface area contributed by atoms with Gasteiger partial charge in [0.2, 0.25) is 10.0 Å². The molecule has 60 heavy (non-hydrogen) atoms. The Morgan fingerprint density at radius 1 is 0.433 bits per heavy atom. The van der Waals surface area contributed by atoms with E-state index in [0.717, 1.165) is 58.8 Å². The van der Waals surface area contributed by atoms with Gasteiger partial charge >= 0.3 is 0 Å². The van der Waals surface area contributed by atoms with Gasteiger partial charge in [0.15, 0.2) is 0 Å². The number of benzene rings is 5. The summed E-state index contributed by atoms with van der Waals surface area (Å²) in [6, 6.07) is 43.1. The average Bonchev–Trinajstić information content (AvgIpc) is 3.27. The van der Waals surface area contributed by atoms with Crippen LogP contribution in [-0.4, -0.2) is 60.8 Å². The zero-order valence-electron chi connectivity index (χ0n) is 37.7. The molecule has 0 heterocycles. The van der Waals surface area contributed by atoms with Gasteiger partial charge in [0.1, 0.15) is 0 Å². The van der Waals surface area contributed by atoms with Crippen molar-refractivity contribution in [2.45, 2.75) is 73.6 Å². The van der Waals surface area contributed by atoms with E-state index in [0.29, 0.717) is 5.56 Å². The van der Waals surface area contributed by atoms with Gasteiger partial charge in [0.05, 0.1) is 4.90 Å².